The number of anilines is 1. The van der Waals surface area contributed by atoms with Crippen LogP contribution < -0.4 is 10.2 Å². The van der Waals surface area contributed by atoms with Crippen LogP contribution in [-0.4, -0.2) is 30.2 Å². The highest BCUT2D eigenvalue weighted by atomic mass is 79.9. The number of aryl methyl sites for hydroxylation is 1. The lowest BCUT2D eigenvalue weighted by molar-refractivity contribution is 0.354. The van der Waals surface area contributed by atoms with Crippen molar-refractivity contribution in [2.45, 2.75) is 50.7 Å². The Kier molecular flexibility index (Phi) is 3.32. The highest BCUT2D eigenvalue weighted by molar-refractivity contribution is 9.10. The summed E-state index contributed by atoms with van der Waals surface area (Å²) in [5, 5.41) is 3.69. The van der Waals surface area contributed by atoms with E-state index in [1.165, 1.54) is 31.2 Å². The molecule has 2 atom stereocenters. The second kappa shape index (κ2) is 4.82. The van der Waals surface area contributed by atoms with Crippen molar-refractivity contribution in [1.29, 1.82) is 0 Å². The van der Waals surface area contributed by atoms with Crippen molar-refractivity contribution < 1.29 is 0 Å². The Bertz CT molecular complexity index is 437. The van der Waals surface area contributed by atoms with Gasteiger partial charge in [0.2, 0.25) is 0 Å². The van der Waals surface area contributed by atoms with Crippen molar-refractivity contribution in [1.82, 2.24) is 10.3 Å². The number of hydrogen-bond donors (Lipinski definition) is 1. The number of hydrogen-bond acceptors (Lipinski definition) is 3. The van der Waals surface area contributed by atoms with Gasteiger partial charge in [0.15, 0.2) is 0 Å². The molecule has 1 N–H and O–H groups in total. The van der Waals surface area contributed by atoms with Crippen LogP contribution in [0.4, 0.5) is 5.82 Å². The van der Waals surface area contributed by atoms with E-state index < -0.39 is 0 Å². The number of pyridine rings is 1. The maximum absolute atomic E-state index is 4.54. The molecule has 2 saturated heterocycles. The number of nitrogens with zero attached hydrogens (tertiary/aromatic N) is 2. The molecule has 3 rings (SSSR count). The minimum atomic E-state index is 0.636. The van der Waals surface area contributed by atoms with Crippen LogP contribution >= 0.6 is 15.9 Å². The van der Waals surface area contributed by atoms with Gasteiger partial charge in [-0.05, 0) is 60.2 Å². The fourth-order valence-corrected chi connectivity index (χ4v) is 3.46. The van der Waals surface area contributed by atoms with Crippen LogP contribution in [0, 0.1) is 6.92 Å². The largest absolute Gasteiger partial charge is 0.357 e. The number of piperidine rings is 1. The normalized spacial score (nSPS) is 30.5. The molecule has 0 amide bonds. The first-order valence-corrected chi connectivity index (χ1v) is 7.54. The van der Waals surface area contributed by atoms with Crippen LogP contribution in [-0.2, 0) is 0 Å². The predicted octanol–water partition coefficient (Wildman–Crippen LogP) is 2.87. The summed E-state index contributed by atoms with van der Waals surface area (Å²) in [7, 11) is 2.19. The van der Waals surface area contributed by atoms with Crippen LogP contribution in [0.3, 0.4) is 0 Å². The van der Waals surface area contributed by atoms with Crippen LogP contribution in [0.5, 0.6) is 0 Å². The molecule has 1 aromatic rings. The highest BCUT2D eigenvalue weighted by Crippen LogP contribution is 2.31. The fourth-order valence-electron chi connectivity index (χ4n) is 3.25. The Morgan fingerprint density at radius 3 is 2.61 bits per heavy atom. The molecule has 1 aromatic heterocycles. The molecule has 0 radical (unpaired) electrons. The molecule has 3 nitrogen and oxygen atoms in total. The van der Waals surface area contributed by atoms with Crippen LogP contribution in [0.25, 0.3) is 0 Å². The van der Waals surface area contributed by atoms with Crippen molar-refractivity contribution in [3.05, 3.63) is 22.3 Å². The lowest BCUT2D eigenvalue weighted by Gasteiger charge is -2.36. The van der Waals surface area contributed by atoms with E-state index >= 15 is 0 Å². The van der Waals surface area contributed by atoms with Crippen molar-refractivity contribution >= 4 is 21.7 Å². The van der Waals surface area contributed by atoms with Gasteiger partial charge in [0.1, 0.15) is 5.82 Å². The summed E-state index contributed by atoms with van der Waals surface area (Å²) in [4.78, 5) is 6.91. The highest BCUT2D eigenvalue weighted by Gasteiger charge is 2.35. The van der Waals surface area contributed by atoms with E-state index in [9.17, 15) is 0 Å². The SMILES string of the molecule is Cc1cc(N(C)C2CC3CCC(C2)N3)ncc1Br. The molecule has 98 valence electrons. The summed E-state index contributed by atoms with van der Waals surface area (Å²) in [6, 6.07) is 4.27. The number of fused-ring (bicyclic) bond motifs is 2. The van der Waals surface area contributed by atoms with E-state index in [0.717, 1.165) is 22.4 Å². The van der Waals surface area contributed by atoms with Gasteiger partial charge < -0.3 is 10.2 Å². The Hall–Kier alpha value is -0.610. The molecule has 4 heteroatoms. The van der Waals surface area contributed by atoms with Crippen LogP contribution in [0.15, 0.2) is 16.7 Å². The third kappa shape index (κ3) is 2.28. The first-order chi connectivity index (χ1) is 8.63. The molecule has 0 saturated carbocycles. The summed E-state index contributed by atoms with van der Waals surface area (Å²) in [5.41, 5.74) is 1.25. The van der Waals surface area contributed by atoms with E-state index in [1.807, 2.05) is 6.20 Å². The lowest BCUT2D eigenvalue weighted by Crippen LogP contribution is -2.47. The molecule has 0 aliphatic carbocycles. The Morgan fingerprint density at radius 1 is 1.33 bits per heavy atom. The monoisotopic (exact) mass is 309 g/mol. The van der Waals surface area contributed by atoms with Gasteiger partial charge in [0, 0.05) is 35.8 Å². The molecule has 2 bridgehead atoms. The molecule has 2 fully saturated rings. The molecule has 18 heavy (non-hydrogen) atoms. The van der Waals surface area contributed by atoms with Crippen LogP contribution in [0.1, 0.15) is 31.2 Å². The predicted molar refractivity (Wildman–Crippen MR) is 78.0 cm³/mol. The van der Waals surface area contributed by atoms with Gasteiger partial charge in [-0.2, -0.15) is 0 Å². The number of rotatable bonds is 2. The van der Waals surface area contributed by atoms with Gasteiger partial charge in [-0.25, -0.2) is 4.98 Å². The van der Waals surface area contributed by atoms with Gasteiger partial charge in [0.05, 0.1) is 0 Å². The zero-order valence-electron chi connectivity index (χ0n) is 11.0. The van der Waals surface area contributed by atoms with Crippen molar-refractivity contribution in [3.8, 4) is 0 Å². The first kappa shape index (κ1) is 12.4. The lowest BCUT2D eigenvalue weighted by atomic mass is 9.98. The summed E-state index contributed by atoms with van der Waals surface area (Å²) >= 11 is 3.51. The molecule has 3 heterocycles. The quantitative estimate of drug-likeness (QED) is 0.910. The molecular formula is C14H20BrN3. The minimum Gasteiger partial charge on any atom is -0.357 e. The summed E-state index contributed by atoms with van der Waals surface area (Å²) < 4.78 is 1.09. The number of aromatic nitrogens is 1. The van der Waals surface area contributed by atoms with Gasteiger partial charge in [-0.3, -0.25) is 0 Å². The summed E-state index contributed by atoms with van der Waals surface area (Å²) in [6.07, 6.45) is 7.12. The van der Waals surface area contributed by atoms with Crippen molar-refractivity contribution in [2.75, 3.05) is 11.9 Å². The van der Waals surface area contributed by atoms with Gasteiger partial charge >= 0.3 is 0 Å². The fraction of sp³-hybridized carbons (Fsp3) is 0.643. The van der Waals surface area contributed by atoms with E-state index in [-0.39, 0.29) is 0 Å². The van der Waals surface area contributed by atoms with Crippen LogP contribution in [0.2, 0.25) is 0 Å². The molecule has 0 spiro atoms. The zero-order chi connectivity index (χ0) is 12.7. The Balaban J connectivity index is 1.77. The second-order valence-corrected chi connectivity index (χ2v) is 6.52. The number of halogens is 1. The van der Waals surface area contributed by atoms with Gasteiger partial charge in [-0.15, -0.1) is 0 Å². The maximum atomic E-state index is 4.54. The van der Waals surface area contributed by atoms with E-state index in [1.54, 1.807) is 0 Å². The third-order valence-corrected chi connectivity index (χ3v) is 5.22. The van der Waals surface area contributed by atoms with E-state index in [2.05, 4.69) is 51.2 Å². The summed E-state index contributed by atoms with van der Waals surface area (Å²) in [6.45, 7) is 2.12. The van der Waals surface area contributed by atoms with E-state index in [0.29, 0.717) is 6.04 Å². The average Bonchev–Trinajstić information content (AvgIpc) is 2.71. The standard InChI is InChI=1S/C14H20BrN3/c1-9-5-14(16-8-13(9)15)18(2)12-6-10-3-4-11(7-12)17-10/h5,8,10-12,17H,3-4,6-7H2,1-2H3. The molecule has 2 aliphatic rings. The smallest absolute Gasteiger partial charge is 0.128 e. The summed E-state index contributed by atoms with van der Waals surface area (Å²) in [5.74, 6) is 1.10. The third-order valence-electron chi connectivity index (χ3n) is 4.39. The molecule has 2 unspecified atom stereocenters. The molecule has 2 aliphatic heterocycles. The van der Waals surface area contributed by atoms with Crippen molar-refractivity contribution in [2.24, 2.45) is 0 Å². The van der Waals surface area contributed by atoms with Crippen molar-refractivity contribution in [3.63, 3.8) is 0 Å². The van der Waals surface area contributed by atoms with E-state index in [4.69, 9.17) is 0 Å². The van der Waals surface area contributed by atoms with Gasteiger partial charge in [0.25, 0.3) is 0 Å². The second-order valence-electron chi connectivity index (χ2n) is 5.67. The minimum absolute atomic E-state index is 0.636. The average molecular weight is 310 g/mol. The number of nitrogens with one attached hydrogen (secondary N) is 1. The Labute approximate surface area is 117 Å². The first-order valence-electron chi connectivity index (χ1n) is 6.74. The molecule has 0 aromatic carbocycles. The zero-order valence-corrected chi connectivity index (χ0v) is 12.6. The maximum Gasteiger partial charge on any atom is 0.128 e. The Morgan fingerprint density at radius 2 is 2.00 bits per heavy atom. The molecular weight excluding hydrogens is 290 g/mol. The van der Waals surface area contributed by atoms with Gasteiger partial charge in [-0.1, -0.05) is 0 Å². The topological polar surface area (TPSA) is 28.2 Å².